The van der Waals surface area contributed by atoms with Gasteiger partial charge < -0.3 is 24.4 Å². The summed E-state index contributed by atoms with van der Waals surface area (Å²) in [6.07, 6.45) is 1.85. The average Bonchev–Trinajstić information content (AvgIpc) is 2.73. The molecule has 4 rings (SSSR count). The number of rotatable bonds is 4. The Morgan fingerprint density at radius 1 is 1.27 bits per heavy atom. The first-order valence-electron chi connectivity index (χ1n) is 12.1. The van der Waals surface area contributed by atoms with Crippen LogP contribution >= 0.6 is 0 Å². The van der Waals surface area contributed by atoms with Gasteiger partial charge in [0.05, 0.1) is 24.4 Å². The van der Waals surface area contributed by atoms with Crippen LogP contribution in [0, 0.1) is 11.8 Å². The summed E-state index contributed by atoms with van der Waals surface area (Å²) in [5.74, 6) is 1.04. The third kappa shape index (κ3) is 5.19. The van der Waals surface area contributed by atoms with E-state index in [1.165, 1.54) is 6.92 Å². The van der Waals surface area contributed by atoms with Crippen molar-refractivity contribution in [1.29, 1.82) is 0 Å². The number of piperidine rings is 1. The predicted molar refractivity (Wildman–Crippen MR) is 125 cm³/mol. The molecule has 3 heterocycles. The number of hydrogen-bond donors (Lipinski definition) is 1. The number of benzene rings is 1. The van der Waals surface area contributed by atoms with Gasteiger partial charge in [0, 0.05) is 37.4 Å². The van der Waals surface area contributed by atoms with Gasteiger partial charge in [0.1, 0.15) is 17.4 Å². The zero-order valence-electron chi connectivity index (χ0n) is 20.7. The van der Waals surface area contributed by atoms with Gasteiger partial charge in [-0.25, -0.2) is 0 Å². The van der Waals surface area contributed by atoms with Gasteiger partial charge in [0.25, 0.3) is 0 Å². The van der Waals surface area contributed by atoms with E-state index in [1.807, 2.05) is 43.9 Å². The molecule has 0 spiro atoms. The lowest BCUT2D eigenvalue weighted by Gasteiger charge is -2.53. The lowest BCUT2D eigenvalue weighted by Crippen LogP contribution is -2.58. The van der Waals surface area contributed by atoms with E-state index in [1.54, 1.807) is 0 Å². The van der Waals surface area contributed by atoms with Crippen molar-refractivity contribution in [2.45, 2.75) is 83.8 Å². The van der Waals surface area contributed by atoms with Gasteiger partial charge >= 0.3 is 0 Å². The molecule has 3 aliphatic heterocycles. The van der Waals surface area contributed by atoms with E-state index in [0.717, 1.165) is 24.2 Å². The van der Waals surface area contributed by atoms with Crippen LogP contribution in [0.25, 0.3) is 0 Å². The molecule has 0 saturated carbocycles. The average molecular weight is 459 g/mol. The van der Waals surface area contributed by atoms with Crippen molar-refractivity contribution in [3.8, 4) is 5.75 Å². The highest BCUT2D eigenvalue weighted by Crippen LogP contribution is 2.52. The third-order valence-electron chi connectivity index (χ3n) is 7.07. The molecule has 0 unspecified atom stereocenters. The summed E-state index contributed by atoms with van der Waals surface area (Å²) in [4.78, 5) is 27.0. The number of carbonyl (C=O) groups excluding carboxylic acids is 2. The third-order valence-corrected chi connectivity index (χ3v) is 7.07. The Morgan fingerprint density at radius 2 is 2.00 bits per heavy atom. The van der Waals surface area contributed by atoms with Crippen LogP contribution in [-0.2, 0) is 19.1 Å². The second-order valence-electron chi connectivity index (χ2n) is 11.2. The van der Waals surface area contributed by atoms with E-state index in [2.05, 4.69) is 25.2 Å². The summed E-state index contributed by atoms with van der Waals surface area (Å²) in [5, 5.41) is 2.78. The van der Waals surface area contributed by atoms with Gasteiger partial charge in [-0.1, -0.05) is 18.2 Å². The van der Waals surface area contributed by atoms with E-state index in [9.17, 15) is 9.59 Å². The van der Waals surface area contributed by atoms with Crippen LogP contribution in [-0.4, -0.2) is 59.8 Å². The normalized spacial score (nSPS) is 29.1. The Bertz CT molecular complexity index is 893. The molecule has 2 fully saturated rings. The molecule has 0 aliphatic carbocycles. The minimum absolute atomic E-state index is 0.0146. The zero-order chi connectivity index (χ0) is 24.0. The molecule has 33 heavy (non-hydrogen) atoms. The first kappa shape index (κ1) is 24.0. The number of nitrogens with one attached hydrogen (secondary N) is 1. The Balaban J connectivity index is 1.47. The number of carbonyl (C=O) groups is 2. The molecular formula is C26H38N2O5. The lowest BCUT2D eigenvalue weighted by atomic mass is 9.70. The second kappa shape index (κ2) is 8.91. The van der Waals surface area contributed by atoms with Crippen molar-refractivity contribution in [2.24, 2.45) is 11.8 Å². The number of nitrogens with zero attached hydrogens (tertiary/aromatic N) is 1. The molecule has 5 atom stereocenters. The fourth-order valence-corrected chi connectivity index (χ4v) is 5.43. The van der Waals surface area contributed by atoms with Crippen molar-refractivity contribution < 1.29 is 23.8 Å². The maximum Gasteiger partial charge on any atom is 0.247 e. The van der Waals surface area contributed by atoms with Crippen LogP contribution in [0.4, 0.5) is 0 Å². The number of para-hydroxylation sites is 1. The highest BCUT2D eigenvalue weighted by Gasteiger charge is 2.51. The molecule has 7 heteroatoms. The molecule has 0 aromatic heterocycles. The van der Waals surface area contributed by atoms with Crippen LogP contribution < -0.4 is 10.1 Å². The van der Waals surface area contributed by atoms with Crippen molar-refractivity contribution >= 4 is 11.8 Å². The fourth-order valence-electron chi connectivity index (χ4n) is 5.43. The Morgan fingerprint density at radius 3 is 2.70 bits per heavy atom. The molecule has 3 aliphatic rings. The molecule has 1 aromatic carbocycles. The van der Waals surface area contributed by atoms with E-state index < -0.39 is 6.04 Å². The molecule has 182 valence electrons. The predicted octanol–water partition coefficient (Wildman–Crippen LogP) is 3.47. The number of hydrogen-bond acceptors (Lipinski definition) is 5. The van der Waals surface area contributed by atoms with Gasteiger partial charge in [0.15, 0.2) is 0 Å². The van der Waals surface area contributed by atoms with Crippen LogP contribution in [0.3, 0.4) is 0 Å². The van der Waals surface area contributed by atoms with Crippen molar-refractivity contribution in [3.05, 3.63) is 29.8 Å². The highest BCUT2D eigenvalue weighted by atomic mass is 16.5. The van der Waals surface area contributed by atoms with E-state index in [-0.39, 0.29) is 53.7 Å². The summed E-state index contributed by atoms with van der Waals surface area (Å²) in [5.41, 5.74) is 0.387. The maximum atomic E-state index is 13.4. The quantitative estimate of drug-likeness (QED) is 0.748. The maximum absolute atomic E-state index is 13.4. The van der Waals surface area contributed by atoms with Crippen LogP contribution in [0.5, 0.6) is 5.75 Å². The summed E-state index contributed by atoms with van der Waals surface area (Å²) in [6.45, 7) is 12.9. The number of amides is 2. The molecule has 0 bridgehead atoms. The summed E-state index contributed by atoms with van der Waals surface area (Å²) in [7, 11) is 0. The fraction of sp³-hybridized carbons (Fsp3) is 0.692. The number of ether oxygens (including phenoxy) is 3. The lowest BCUT2D eigenvalue weighted by molar-refractivity contribution is -0.189. The monoisotopic (exact) mass is 458 g/mol. The molecule has 1 N–H and O–H groups in total. The zero-order valence-corrected chi connectivity index (χ0v) is 20.7. The SMILES string of the molecule is CC(=O)N[C@@H](COC(C)(C)C)C(=O)N1CC[C@H]2O[C@H]3c4ccccc4OC(C)(C)[C@@H]3C[C@H]2C1. The van der Waals surface area contributed by atoms with E-state index in [4.69, 9.17) is 14.2 Å². The molecule has 2 amide bonds. The van der Waals surface area contributed by atoms with Gasteiger partial charge in [-0.05, 0) is 53.5 Å². The Labute approximate surface area is 197 Å². The van der Waals surface area contributed by atoms with E-state index in [0.29, 0.717) is 13.1 Å². The highest BCUT2D eigenvalue weighted by molar-refractivity contribution is 5.87. The molecule has 0 radical (unpaired) electrons. The molecule has 7 nitrogen and oxygen atoms in total. The van der Waals surface area contributed by atoms with Crippen molar-refractivity contribution in [3.63, 3.8) is 0 Å². The number of fused-ring (bicyclic) bond motifs is 4. The molecular weight excluding hydrogens is 420 g/mol. The minimum Gasteiger partial charge on any atom is -0.487 e. The smallest absolute Gasteiger partial charge is 0.247 e. The van der Waals surface area contributed by atoms with Crippen molar-refractivity contribution in [2.75, 3.05) is 19.7 Å². The standard InChI is InChI=1S/C26H38N2O5/c1-16(29)27-20(15-31-25(2,3)4)24(30)28-12-11-21-17(14-28)13-19-23(32-21)18-9-7-8-10-22(18)33-26(19,5)6/h7-10,17,19-21,23H,11-15H2,1-6H3,(H,27,29)/t17-,19+,20-,21+,23-/m0/s1. The Hall–Kier alpha value is -2.12. The van der Waals surface area contributed by atoms with Gasteiger partial charge in [0.2, 0.25) is 11.8 Å². The van der Waals surface area contributed by atoms with Crippen LogP contribution in [0.1, 0.15) is 66.1 Å². The Kier molecular flexibility index (Phi) is 6.49. The van der Waals surface area contributed by atoms with Gasteiger partial charge in [-0.2, -0.15) is 0 Å². The van der Waals surface area contributed by atoms with Crippen LogP contribution in [0.15, 0.2) is 24.3 Å². The van der Waals surface area contributed by atoms with Gasteiger partial charge in [-0.3, -0.25) is 9.59 Å². The molecule has 1 aromatic rings. The topological polar surface area (TPSA) is 77.1 Å². The summed E-state index contributed by atoms with van der Waals surface area (Å²) in [6, 6.07) is 7.48. The van der Waals surface area contributed by atoms with E-state index >= 15 is 0 Å². The first-order valence-corrected chi connectivity index (χ1v) is 12.1. The minimum atomic E-state index is -0.683. The number of likely N-dealkylation sites (tertiary alicyclic amines) is 1. The van der Waals surface area contributed by atoms with Gasteiger partial charge in [-0.15, -0.1) is 0 Å². The largest absolute Gasteiger partial charge is 0.487 e. The summed E-state index contributed by atoms with van der Waals surface area (Å²) < 4.78 is 18.9. The first-order chi connectivity index (χ1) is 15.4. The van der Waals surface area contributed by atoms with Crippen LogP contribution in [0.2, 0.25) is 0 Å². The van der Waals surface area contributed by atoms with Crippen molar-refractivity contribution in [1.82, 2.24) is 10.2 Å². The summed E-state index contributed by atoms with van der Waals surface area (Å²) >= 11 is 0. The molecule has 2 saturated heterocycles. The second-order valence-corrected chi connectivity index (χ2v) is 11.2.